The zero-order valence-electron chi connectivity index (χ0n) is 18.0. The van der Waals surface area contributed by atoms with Gasteiger partial charge in [-0.1, -0.05) is 26.0 Å². The first kappa shape index (κ1) is 24.7. The highest BCUT2D eigenvalue weighted by Gasteiger charge is 2.28. The summed E-state index contributed by atoms with van der Waals surface area (Å²) in [7, 11) is 0. The van der Waals surface area contributed by atoms with Crippen LogP contribution in [0.15, 0.2) is 40.9 Å². The number of ether oxygens (including phenoxy) is 1. The molecule has 0 atom stereocenters. The normalized spacial score (nSPS) is 11.0. The van der Waals surface area contributed by atoms with E-state index in [0.29, 0.717) is 29.6 Å². The maximum atomic E-state index is 12.7. The van der Waals surface area contributed by atoms with Crippen molar-refractivity contribution in [3.63, 3.8) is 0 Å². The minimum absolute atomic E-state index is 0.0448. The van der Waals surface area contributed by atoms with Crippen LogP contribution in [-0.4, -0.2) is 22.5 Å². The number of thiocarbonyl (C=S) groups is 1. The fourth-order valence-electron chi connectivity index (χ4n) is 2.82. The van der Waals surface area contributed by atoms with Gasteiger partial charge in [-0.05, 0) is 78.1 Å². The fraction of sp³-hybridized carbons (Fsp3) is 0.364. The number of hydrogen-bond donors (Lipinski definition) is 2. The van der Waals surface area contributed by atoms with Gasteiger partial charge < -0.3 is 15.4 Å². The van der Waals surface area contributed by atoms with Crippen LogP contribution in [0, 0.1) is 29.4 Å². The molecule has 31 heavy (non-hydrogen) atoms. The maximum absolute atomic E-state index is 12.7. The van der Waals surface area contributed by atoms with E-state index >= 15 is 0 Å². The molecule has 0 radical (unpaired) electrons. The molecule has 1 amide bonds. The molecular formula is C22H26BrN3O4S. The van der Waals surface area contributed by atoms with Crippen LogP contribution in [0.1, 0.15) is 37.8 Å². The molecule has 0 fully saturated rings. The number of nitro groups is 1. The van der Waals surface area contributed by atoms with Gasteiger partial charge in [-0.25, -0.2) is 0 Å². The first-order valence-electron chi connectivity index (χ1n) is 9.76. The van der Waals surface area contributed by atoms with Crippen LogP contribution in [0.5, 0.6) is 5.75 Å². The molecule has 2 N–H and O–H groups in total. The van der Waals surface area contributed by atoms with Crippen molar-refractivity contribution in [3.8, 4) is 5.75 Å². The number of nitrogens with one attached hydrogen (secondary N) is 2. The van der Waals surface area contributed by atoms with Crippen molar-refractivity contribution in [2.75, 3.05) is 11.9 Å². The average Bonchev–Trinajstić information content (AvgIpc) is 2.69. The van der Waals surface area contributed by atoms with Gasteiger partial charge in [-0.2, -0.15) is 0 Å². The molecule has 166 valence electrons. The minimum atomic E-state index is -0.649. The van der Waals surface area contributed by atoms with E-state index in [4.69, 9.17) is 17.0 Å². The molecule has 9 heteroatoms. The molecular weight excluding hydrogens is 482 g/mol. The topological polar surface area (TPSA) is 93.5 Å². The SMILES string of the molecule is Cc1ccc(C)c(OCCCC(C)(C)C(=O)NC(=S)Nc2ccc([N+](=O)[O-])cc2Br)c1. The average molecular weight is 508 g/mol. The summed E-state index contributed by atoms with van der Waals surface area (Å²) in [5.74, 6) is 0.649. The van der Waals surface area contributed by atoms with Crippen molar-refractivity contribution >= 4 is 50.5 Å². The van der Waals surface area contributed by atoms with Gasteiger partial charge in [0.15, 0.2) is 5.11 Å². The van der Waals surface area contributed by atoms with Crippen molar-refractivity contribution in [2.24, 2.45) is 5.41 Å². The van der Waals surface area contributed by atoms with E-state index in [1.54, 1.807) is 0 Å². The van der Waals surface area contributed by atoms with E-state index in [9.17, 15) is 14.9 Å². The third-order valence-corrected chi connectivity index (χ3v) is 5.66. The summed E-state index contributed by atoms with van der Waals surface area (Å²) in [6.07, 6.45) is 1.33. The van der Waals surface area contributed by atoms with Gasteiger partial charge >= 0.3 is 0 Å². The molecule has 0 heterocycles. The van der Waals surface area contributed by atoms with Gasteiger partial charge in [-0.15, -0.1) is 0 Å². The predicted molar refractivity (Wildman–Crippen MR) is 130 cm³/mol. The molecule has 0 spiro atoms. The molecule has 2 aromatic carbocycles. The Morgan fingerprint density at radius 3 is 2.58 bits per heavy atom. The van der Waals surface area contributed by atoms with Crippen LogP contribution in [0.25, 0.3) is 0 Å². The van der Waals surface area contributed by atoms with Crippen LogP contribution >= 0.6 is 28.1 Å². The smallest absolute Gasteiger partial charge is 0.270 e. The molecule has 0 unspecified atom stereocenters. The molecule has 2 rings (SSSR count). The van der Waals surface area contributed by atoms with Crippen LogP contribution < -0.4 is 15.4 Å². The number of carbonyl (C=O) groups excluding carboxylic acids is 1. The summed E-state index contributed by atoms with van der Waals surface area (Å²) in [5.41, 5.74) is 2.05. The third kappa shape index (κ3) is 7.29. The number of anilines is 1. The molecule has 0 saturated carbocycles. The van der Waals surface area contributed by atoms with Crippen molar-refractivity contribution < 1.29 is 14.5 Å². The van der Waals surface area contributed by atoms with Gasteiger partial charge in [0.25, 0.3) is 5.69 Å². The van der Waals surface area contributed by atoms with Gasteiger partial charge in [0, 0.05) is 22.0 Å². The molecule has 0 aliphatic heterocycles. The van der Waals surface area contributed by atoms with E-state index in [-0.39, 0.29) is 16.7 Å². The number of nitrogens with zero attached hydrogens (tertiary/aromatic N) is 1. The molecule has 0 bridgehead atoms. The zero-order chi connectivity index (χ0) is 23.2. The number of nitro benzene ring substituents is 1. The van der Waals surface area contributed by atoms with Crippen molar-refractivity contribution in [3.05, 3.63) is 62.1 Å². The Kier molecular flexibility index (Phi) is 8.52. The Hall–Kier alpha value is -2.52. The Labute approximate surface area is 195 Å². The van der Waals surface area contributed by atoms with Gasteiger partial charge in [0.1, 0.15) is 5.75 Å². The number of hydrogen-bond acceptors (Lipinski definition) is 5. The molecule has 0 aromatic heterocycles. The van der Waals surface area contributed by atoms with Crippen molar-refractivity contribution in [1.29, 1.82) is 0 Å². The van der Waals surface area contributed by atoms with Crippen molar-refractivity contribution in [1.82, 2.24) is 5.32 Å². The highest BCUT2D eigenvalue weighted by Crippen LogP contribution is 2.28. The van der Waals surface area contributed by atoms with Crippen LogP contribution in [-0.2, 0) is 4.79 Å². The second kappa shape index (κ2) is 10.7. The summed E-state index contributed by atoms with van der Waals surface area (Å²) < 4.78 is 6.34. The number of non-ortho nitro benzene ring substituents is 1. The number of rotatable bonds is 8. The third-order valence-electron chi connectivity index (χ3n) is 4.80. The number of halogens is 1. The van der Waals surface area contributed by atoms with Gasteiger partial charge in [0.2, 0.25) is 5.91 Å². The van der Waals surface area contributed by atoms with E-state index in [1.807, 2.05) is 45.9 Å². The highest BCUT2D eigenvalue weighted by molar-refractivity contribution is 9.10. The van der Waals surface area contributed by atoms with E-state index in [1.165, 1.54) is 18.2 Å². The lowest BCUT2D eigenvalue weighted by Gasteiger charge is -2.24. The summed E-state index contributed by atoms with van der Waals surface area (Å²) in [6, 6.07) is 10.3. The number of carbonyl (C=O) groups is 1. The summed E-state index contributed by atoms with van der Waals surface area (Å²) in [6.45, 7) is 8.24. The lowest BCUT2D eigenvalue weighted by molar-refractivity contribution is -0.384. The van der Waals surface area contributed by atoms with Crippen LogP contribution in [0.2, 0.25) is 0 Å². The fourth-order valence-corrected chi connectivity index (χ4v) is 3.49. The summed E-state index contributed by atoms with van der Waals surface area (Å²) in [5, 5.41) is 16.5. The first-order chi connectivity index (χ1) is 14.5. The zero-order valence-corrected chi connectivity index (χ0v) is 20.4. The van der Waals surface area contributed by atoms with Crippen molar-refractivity contribution in [2.45, 2.75) is 40.5 Å². The van der Waals surface area contributed by atoms with Crippen LogP contribution in [0.4, 0.5) is 11.4 Å². The van der Waals surface area contributed by atoms with E-state index in [2.05, 4.69) is 26.6 Å². The number of benzene rings is 2. The largest absolute Gasteiger partial charge is 0.493 e. The molecule has 0 aliphatic carbocycles. The van der Waals surface area contributed by atoms with Gasteiger partial charge in [0.05, 0.1) is 17.2 Å². The Morgan fingerprint density at radius 1 is 1.23 bits per heavy atom. The molecule has 7 nitrogen and oxygen atoms in total. The lowest BCUT2D eigenvalue weighted by Crippen LogP contribution is -2.42. The monoisotopic (exact) mass is 507 g/mol. The van der Waals surface area contributed by atoms with Crippen LogP contribution in [0.3, 0.4) is 0 Å². The maximum Gasteiger partial charge on any atom is 0.270 e. The highest BCUT2D eigenvalue weighted by atomic mass is 79.9. The standard InChI is InChI=1S/C22H26BrN3O4S/c1-14-6-7-15(2)19(12-14)30-11-5-10-22(3,4)20(27)25-21(31)24-18-9-8-16(26(28)29)13-17(18)23/h6-9,12-13H,5,10-11H2,1-4H3,(H2,24,25,27,31). The quantitative estimate of drug-likeness (QED) is 0.207. The Balaban J connectivity index is 1.85. The second-order valence-electron chi connectivity index (χ2n) is 7.93. The van der Waals surface area contributed by atoms with Gasteiger partial charge in [-0.3, -0.25) is 14.9 Å². The number of amides is 1. The molecule has 2 aromatic rings. The summed E-state index contributed by atoms with van der Waals surface area (Å²) >= 11 is 8.50. The second-order valence-corrected chi connectivity index (χ2v) is 9.20. The predicted octanol–water partition coefficient (Wildman–Crippen LogP) is 5.67. The number of aryl methyl sites for hydroxylation is 2. The summed E-state index contributed by atoms with van der Waals surface area (Å²) in [4.78, 5) is 23.0. The Bertz CT molecular complexity index is 995. The Morgan fingerprint density at radius 2 is 1.94 bits per heavy atom. The first-order valence-corrected chi connectivity index (χ1v) is 11.0. The lowest BCUT2D eigenvalue weighted by atomic mass is 9.87. The minimum Gasteiger partial charge on any atom is -0.493 e. The van der Waals surface area contributed by atoms with E-state index in [0.717, 1.165) is 16.9 Å². The molecule has 0 aliphatic rings. The van der Waals surface area contributed by atoms with E-state index < -0.39 is 10.3 Å². The molecule has 0 saturated heterocycles.